The molecule has 0 amide bonds. The maximum atomic E-state index is 6.29. The second-order valence-corrected chi connectivity index (χ2v) is 8.59. The first-order chi connectivity index (χ1) is 14.3. The summed E-state index contributed by atoms with van der Waals surface area (Å²) in [6, 6.07) is 12.2. The van der Waals surface area contributed by atoms with Crippen LogP contribution in [0.1, 0.15) is 36.1 Å². The normalized spacial score (nSPS) is 17.2. The first-order valence-corrected chi connectivity index (χ1v) is 11.4. The van der Waals surface area contributed by atoms with Gasteiger partial charge in [-0.2, -0.15) is 16.3 Å². The standard InChI is InChI=1S/C23H26N4OS/c1-3-7-19(8-4-1)28-22-20-16-26(15-18-10-14-29-17-18)13-9-21(20)24-23(25-22)27-11-5-2-6-12-27/h1,3-4,7-8,10,14,17H,2,5-6,9,11-13,15-16H2. The third-order valence-electron chi connectivity index (χ3n) is 5.67. The molecule has 0 aliphatic carbocycles. The fourth-order valence-electron chi connectivity index (χ4n) is 4.12. The van der Waals surface area contributed by atoms with Crippen molar-refractivity contribution in [1.82, 2.24) is 14.9 Å². The van der Waals surface area contributed by atoms with Crippen molar-refractivity contribution in [2.24, 2.45) is 0 Å². The number of thiophene rings is 1. The third-order valence-corrected chi connectivity index (χ3v) is 6.40. The van der Waals surface area contributed by atoms with Crippen LogP contribution < -0.4 is 9.64 Å². The van der Waals surface area contributed by atoms with Gasteiger partial charge >= 0.3 is 0 Å². The van der Waals surface area contributed by atoms with Crippen LogP contribution in [-0.2, 0) is 19.5 Å². The lowest BCUT2D eigenvalue weighted by molar-refractivity contribution is 0.238. The van der Waals surface area contributed by atoms with Crippen LogP contribution in [0.5, 0.6) is 11.6 Å². The summed E-state index contributed by atoms with van der Waals surface area (Å²) in [6.45, 7) is 4.88. The quantitative estimate of drug-likeness (QED) is 0.604. The first kappa shape index (κ1) is 18.6. The van der Waals surface area contributed by atoms with E-state index in [4.69, 9.17) is 14.7 Å². The molecule has 0 bridgehead atoms. The van der Waals surface area contributed by atoms with Crippen LogP contribution in [0.25, 0.3) is 0 Å². The number of anilines is 1. The van der Waals surface area contributed by atoms with Crippen molar-refractivity contribution in [2.75, 3.05) is 24.5 Å². The molecule has 2 aliphatic rings. The minimum Gasteiger partial charge on any atom is -0.439 e. The van der Waals surface area contributed by atoms with Gasteiger partial charge in [-0.1, -0.05) is 18.2 Å². The number of benzene rings is 1. The number of nitrogens with zero attached hydrogens (tertiary/aromatic N) is 4. The van der Waals surface area contributed by atoms with Crippen LogP contribution >= 0.6 is 11.3 Å². The first-order valence-electron chi connectivity index (χ1n) is 10.5. The van der Waals surface area contributed by atoms with E-state index in [-0.39, 0.29) is 0 Å². The van der Waals surface area contributed by atoms with E-state index in [1.54, 1.807) is 11.3 Å². The summed E-state index contributed by atoms with van der Waals surface area (Å²) in [5.41, 5.74) is 3.65. The summed E-state index contributed by atoms with van der Waals surface area (Å²) >= 11 is 1.75. The molecule has 1 aromatic carbocycles. The average Bonchev–Trinajstić information content (AvgIpc) is 3.28. The third kappa shape index (κ3) is 4.28. The van der Waals surface area contributed by atoms with Crippen molar-refractivity contribution in [3.8, 4) is 11.6 Å². The molecule has 0 atom stereocenters. The van der Waals surface area contributed by atoms with Gasteiger partial charge in [0.25, 0.3) is 0 Å². The van der Waals surface area contributed by atoms with Crippen LogP contribution in [-0.4, -0.2) is 34.5 Å². The fraction of sp³-hybridized carbons (Fsp3) is 0.391. The van der Waals surface area contributed by atoms with Gasteiger partial charge in [0.2, 0.25) is 11.8 Å². The zero-order chi connectivity index (χ0) is 19.5. The van der Waals surface area contributed by atoms with Crippen LogP contribution in [0, 0.1) is 0 Å². The van der Waals surface area contributed by atoms with Crippen LogP contribution in [0.3, 0.4) is 0 Å². The smallest absolute Gasteiger partial charge is 0.228 e. The van der Waals surface area contributed by atoms with Crippen LogP contribution in [0.4, 0.5) is 5.95 Å². The molecule has 0 unspecified atom stereocenters. The Labute approximate surface area is 176 Å². The number of ether oxygens (including phenoxy) is 1. The van der Waals surface area contributed by atoms with Crippen molar-refractivity contribution in [3.05, 3.63) is 64.0 Å². The van der Waals surface area contributed by atoms with Gasteiger partial charge in [-0.05, 0) is 53.8 Å². The minimum absolute atomic E-state index is 0.719. The van der Waals surface area contributed by atoms with Crippen LogP contribution in [0.15, 0.2) is 47.2 Å². The lowest BCUT2D eigenvalue weighted by Gasteiger charge is -2.31. The minimum atomic E-state index is 0.719. The topological polar surface area (TPSA) is 41.5 Å². The van der Waals surface area contributed by atoms with Crippen LogP contribution in [0.2, 0.25) is 0 Å². The van der Waals surface area contributed by atoms with Crippen molar-refractivity contribution in [3.63, 3.8) is 0 Å². The molecule has 0 radical (unpaired) electrons. The maximum Gasteiger partial charge on any atom is 0.228 e. The molecular weight excluding hydrogens is 380 g/mol. The molecule has 1 saturated heterocycles. The van der Waals surface area contributed by atoms with E-state index >= 15 is 0 Å². The molecule has 0 N–H and O–H groups in total. The van der Waals surface area contributed by atoms with Gasteiger partial charge in [-0.15, -0.1) is 0 Å². The Balaban J connectivity index is 1.46. The molecule has 1 fully saturated rings. The van der Waals surface area contributed by atoms with E-state index in [9.17, 15) is 0 Å². The molecular formula is C23H26N4OS. The highest BCUT2D eigenvalue weighted by molar-refractivity contribution is 7.07. The van der Waals surface area contributed by atoms with E-state index in [0.717, 1.165) is 68.0 Å². The Kier molecular flexibility index (Phi) is 5.45. The summed E-state index contributed by atoms with van der Waals surface area (Å²) in [6.07, 6.45) is 4.66. The molecule has 3 aromatic rings. The predicted molar refractivity (Wildman–Crippen MR) is 117 cm³/mol. The number of fused-ring (bicyclic) bond motifs is 1. The van der Waals surface area contributed by atoms with Gasteiger partial charge in [0.15, 0.2) is 0 Å². The Hall–Kier alpha value is -2.44. The average molecular weight is 407 g/mol. The molecule has 150 valence electrons. The fourth-order valence-corrected chi connectivity index (χ4v) is 4.78. The van der Waals surface area contributed by atoms with Gasteiger partial charge < -0.3 is 9.64 Å². The number of aromatic nitrogens is 2. The summed E-state index contributed by atoms with van der Waals surface area (Å²) in [7, 11) is 0. The van der Waals surface area contributed by atoms with E-state index in [1.165, 1.54) is 24.8 Å². The number of rotatable bonds is 5. The van der Waals surface area contributed by atoms with E-state index in [1.807, 2.05) is 30.3 Å². The predicted octanol–water partition coefficient (Wildman–Crippen LogP) is 4.88. The Morgan fingerprint density at radius 2 is 1.83 bits per heavy atom. The van der Waals surface area contributed by atoms with E-state index < -0.39 is 0 Å². The number of hydrogen-bond acceptors (Lipinski definition) is 6. The van der Waals surface area contributed by atoms with Gasteiger partial charge in [-0.25, -0.2) is 4.98 Å². The highest BCUT2D eigenvalue weighted by Gasteiger charge is 2.26. The zero-order valence-corrected chi connectivity index (χ0v) is 17.4. The van der Waals surface area contributed by atoms with Crippen molar-refractivity contribution in [1.29, 1.82) is 0 Å². The monoisotopic (exact) mass is 406 g/mol. The molecule has 2 aliphatic heterocycles. The maximum absolute atomic E-state index is 6.29. The van der Waals surface area contributed by atoms with Crippen molar-refractivity contribution >= 4 is 17.3 Å². The van der Waals surface area contributed by atoms with E-state index in [2.05, 4.69) is 26.6 Å². The molecule has 0 saturated carbocycles. The number of piperidine rings is 1. The molecule has 4 heterocycles. The van der Waals surface area contributed by atoms with Gasteiger partial charge in [0.05, 0.1) is 11.3 Å². The SMILES string of the molecule is c1ccc(Oc2nc(N3CCCCC3)nc3c2CN(Cc2ccsc2)CC3)cc1. The number of para-hydroxylation sites is 1. The highest BCUT2D eigenvalue weighted by Crippen LogP contribution is 2.32. The lowest BCUT2D eigenvalue weighted by atomic mass is 10.1. The second kappa shape index (κ2) is 8.51. The molecule has 29 heavy (non-hydrogen) atoms. The summed E-state index contributed by atoms with van der Waals surface area (Å²) in [5.74, 6) is 2.38. The molecule has 5 rings (SSSR count). The summed E-state index contributed by atoms with van der Waals surface area (Å²) < 4.78 is 6.29. The van der Waals surface area contributed by atoms with Crippen molar-refractivity contribution in [2.45, 2.75) is 38.8 Å². The largest absolute Gasteiger partial charge is 0.439 e. The Bertz CT molecular complexity index is 939. The Morgan fingerprint density at radius 1 is 0.966 bits per heavy atom. The number of hydrogen-bond donors (Lipinski definition) is 0. The van der Waals surface area contributed by atoms with E-state index in [0.29, 0.717) is 0 Å². The molecule has 6 heteroatoms. The zero-order valence-electron chi connectivity index (χ0n) is 16.6. The lowest BCUT2D eigenvalue weighted by Crippen LogP contribution is -2.34. The Morgan fingerprint density at radius 3 is 2.62 bits per heavy atom. The molecule has 0 spiro atoms. The summed E-state index contributed by atoms with van der Waals surface area (Å²) in [5, 5.41) is 4.37. The second-order valence-electron chi connectivity index (χ2n) is 7.81. The van der Waals surface area contributed by atoms with Gasteiger partial charge in [-0.3, -0.25) is 4.90 Å². The highest BCUT2D eigenvalue weighted by atomic mass is 32.1. The van der Waals surface area contributed by atoms with Gasteiger partial charge in [0.1, 0.15) is 5.75 Å². The molecule has 5 nitrogen and oxygen atoms in total. The van der Waals surface area contributed by atoms with Gasteiger partial charge in [0, 0.05) is 39.1 Å². The molecule has 2 aromatic heterocycles. The summed E-state index contributed by atoms with van der Waals surface area (Å²) in [4.78, 5) is 14.7. The van der Waals surface area contributed by atoms with Crippen molar-refractivity contribution < 1.29 is 4.74 Å².